The van der Waals surface area contributed by atoms with Gasteiger partial charge in [0.25, 0.3) is 0 Å². The molecule has 134 valence electrons. The predicted octanol–water partition coefficient (Wildman–Crippen LogP) is 3.77. The fourth-order valence-corrected chi connectivity index (χ4v) is 4.67. The maximum atomic E-state index is 13.1. The van der Waals surface area contributed by atoms with Gasteiger partial charge in [-0.25, -0.2) is 0 Å². The fourth-order valence-electron chi connectivity index (χ4n) is 4.67. The van der Waals surface area contributed by atoms with Crippen LogP contribution in [0, 0.1) is 11.3 Å². The zero-order chi connectivity index (χ0) is 17.2. The quantitative estimate of drug-likeness (QED) is 0.833. The third-order valence-corrected chi connectivity index (χ3v) is 6.06. The smallest absolute Gasteiger partial charge is 0.232 e. The van der Waals surface area contributed by atoms with Gasteiger partial charge in [-0.3, -0.25) is 9.59 Å². The summed E-state index contributed by atoms with van der Waals surface area (Å²) in [5.41, 5.74) is 0.588. The highest BCUT2D eigenvalue weighted by molar-refractivity contribution is 5.91. The fraction of sp³-hybridized carbons (Fsp3) is 0.800. The number of carbonyl (C=O) groups excluding carboxylic acids is 2. The van der Waals surface area contributed by atoms with E-state index in [2.05, 4.69) is 25.2 Å². The Kier molecular flexibility index (Phi) is 5.31. The number of allylic oxidation sites excluding steroid dienone is 1. The minimum Gasteiger partial charge on any atom is -0.355 e. The van der Waals surface area contributed by atoms with Crippen molar-refractivity contribution >= 4 is 11.8 Å². The lowest BCUT2D eigenvalue weighted by Crippen LogP contribution is -2.55. The molecule has 3 aliphatic rings. The van der Waals surface area contributed by atoms with Crippen molar-refractivity contribution < 1.29 is 9.59 Å². The first-order valence-electron chi connectivity index (χ1n) is 9.85. The molecule has 1 N–H and O–H groups in total. The molecule has 4 heteroatoms. The van der Waals surface area contributed by atoms with E-state index in [9.17, 15) is 9.59 Å². The van der Waals surface area contributed by atoms with Gasteiger partial charge >= 0.3 is 0 Å². The number of hydrogen-bond donors (Lipinski definition) is 1. The van der Waals surface area contributed by atoms with Crippen LogP contribution in [0.4, 0.5) is 0 Å². The van der Waals surface area contributed by atoms with Crippen LogP contribution in [0.15, 0.2) is 11.8 Å². The number of nitrogens with zero attached hydrogens (tertiary/aromatic N) is 1. The normalized spacial score (nSPS) is 28.0. The summed E-state index contributed by atoms with van der Waals surface area (Å²) in [5.74, 6) is 0.984. The molecule has 1 heterocycles. The number of hydrogen-bond acceptors (Lipinski definition) is 2. The molecule has 2 fully saturated rings. The Morgan fingerprint density at radius 3 is 2.75 bits per heavy atom. The van der Waals surface area contributed by atoms with E-state index in [0.29, 0.717) is 24.8 Å². The first-order chi connectivity index (χ1) is 11.5. The molecule has 0 radical (unpaired) electrons. The maximum Gasteiger partial charge on any atom is 0.232 e. The van der Waals surface area contributed by atoms with E-state index in [1.165, 1.54) is 12.8 Å². The minimum atomic E-state index is -0.453. The highest BCUT2D eigenvalue weighted by atomic mass is 16.2. The van der Waals surface area contributed by atoms with Crippen LogP contribution < -0.4 is 5.32 Å². The average Bonchev–Trinajstić information content (AvgIpc) is 3.08. The van der Waals surface area contributed by atoms with Crippen LogP contribution in [0.1, 0.15) is 78.1 Å². The van der Waals surface area contributed by atoms with E-state index in [1.807, 2.05) is 4.90 Å². The van der Waals surface area contributed by atoms with Gasteiger partial charge in [0.1, 0.15) is 0 Å². The summed E-state index contributed by atoms with van der Waals surface area (Å²) in [4.78, 5) is 27.8. The number of rotatable bonds is 5. The van der Waals surface area contributed by atoms with Gasteiger partial charge in [-0.2, -0.15) is 0 Å². The van der Waals surface area contributed by atoms with Crippen LogP contribution in [-0.2, 0) is 9.59 Å². The van der Waals surface area contributed by atoms with Crippen molar-refractivity contribution in [1.82, 2.24) is 10.2 Å². The highest BCUT2D eigenvalue weighted by Crippen LogP contribution is 2.48. The second-order valence-electron chi connectivity index (χ2n) is 8.20. The molecule has 0 aromatic rings. The molecule has 2 aliphatic carbocycles. The lowest BCUT2D eigenvalue weighted by molar-refractivity contribution is -0.142. The van der Waals surface area contributed by atoms with Gasteiger partial charge in [0, 0.05) is 24.7 Å². The van der Waals surface area contributed by atoms with Crippen LogP contribution in [-0.4, -0.2) is 29.3 Å². The van der Waals surface area contributed by atoms with Crippen LogP contribution in [0.2, 0.25) is 0 Å². The monoisotopic (exact) mass is 332 g/mol. The summed E-state index contributed by atoms with van der Waals surface area (Å²) >= 11 is 0. The lowest BCUT2D eigenvalue weighted by atomic mass is 9.68. The lowest BCUT2D eigenvalue weighted by Gasteiger charge is -2.48. The van der Waals surface area contributed by atoms with Crippen molar-refractivity contribution in [3.63, 3.8) is 0 Å². The molecule has 24 heavy (non-hydrogen) atoms. The third kappa shape index (κ3) is 3.25. The summed E-state index contributed by atoms with van der Waals surface area (Å²) in [6, 6.07) is 0.324. The topological polar surface area (TPSA) is 49.4 Å². The third-order valence-electron chi connectivity index (χ3n) is 6.06. The van der Waals surface area contributed by atoms with Crippen molar-refractivity contribution in [3.8, 4) is 0 Å². The Bertz CT molecular complexity index is 520. The number of amides is 2. The van der Waals surface area contributed by atoms with Crippen molar-refractivity contribution in [2.75, 3.05) is 6.54 Å². The largest absolute Gasteiger partial charge is 0.355 e. The summed E-state index contributed by atoms with van der Waals surface area (Å²) in [6.07, 6.45) is 11.9. The first-order valence-corrected chi connectivity index (χ1v) is 9.85. The second kappa shape index (κ2) is 7.28. The number of fused-ring (bicyclic) bond motifs is 1. The zero-order valence-electron chi connectivity index (χ0n) is 15.3. The zero-order valence-corrected chi connectivity index (χ0v) is 15.3. The van der Waals surface area contributed by atoms with Gasteiger partial charge in [-0.15, -0.1) is 0 Å². The maximum absolute atomic E-state index is 13.1. The molecule has 0 bridgehead atoms. The Hall–Kier alpha value is -1.32. The molecule has 1 aliphatic heterocycles. The Morgan fingerprint density at radius 1 is 1.29 bits per heavy atom. The average molecular weight is 332 g/mol. The number of likely N-dealkylation sites (tertiary alicyclic amines) is 1. The number of nitrogens with one attached hydrogen (secondary N) is 1. The SMILES string of the molecule is CC(C)CCNC(=O)C12CCCC=C1N(C1CCCC1)C(=O)CC2. The standard InChI is InChI=1S/C20H32N2O2/c1-15(2)11-14-21-19(24)20-12-6-5-9-17(20)22(18(23)10-13-20)16-7-3-4-8-16/h9,15-16H,3-8,10-14H2,1-2H3,(H,21,24). The molecule has 0 spiro atoms. The predicted molar refractivity (Wildman–Crippen MR) is 95.2 cm³/mol. The van der Waals surface area contributed by atoms with E-state index < -0.39 is 5.41 Å². The van der Waals surface area contributed by atoms with Crippen molar-refractivity contribution in [3.05, 3.63) is 11.8 Å². The molecule has 0 aromatic heterocycles. The second-order valence-corrected chi connectivity index (χ2v) is 8.20. The Labute approximate surface area is 146 Å². The van der Waals surface area contributed by atoms with Gasteiger partial charge in [0.05, 0.1) is 5.41 Å². The van der Waals surface area contributed by atoms with Crippen LogP contribution in [0.3, 0.4) is 0 Å². The van der Waals surface area contributed by atoms with Crippen molar-refractivity contribution in [2.45, 2.75) is 84.1 Å². The number of piperidine rings is 1. The molecule has 1 unspecified atom stereocenters. The molecular formula is C20H32N2O2. The number of carbonyl (C=O) groups is 2. The van der Waals surface area contributed by atoms with E-state index in [0.717, 1.165) is 50.8 Å². The summed E-state index contributed by atoms with van der Waals surface area (Å²) in [5, 5.41) is 3.18. The van der Waals surface area contributed by atoms with Crippen LogP contribution >= 0.6 is 0 Å². The summed E-state index contributed by atoms with van der Waals surface area (Å²) in [6.45, 7) is 5.10. The molecule has 2 amide bonds. The molecule has 1 saturated carbocycles. The molecular weight excluding hydrogens is 300 g/mol. The van der Waals surface area contributed by atoms with Gasteiger partial charge < -0.3 is 10.2 Å². The van der Waals surface area contributed by atoms with Gasteiger partial charge in [0.2, 0.25) is 11.8 Å². The van der Waals surface area contributed by atoms with Crippen LogP contribution in [0.25, 0.3) is 0 Å². The summed E-state index contributed by atoms with van der Waals surface area (Å²) < 4.78 is 0. The van der Waals surface area contributed by atoms with E-state index >= 15 is 0 Å². The van der Waals surface area contributed by atoms with E-state index in [1.54, 1.807) is 0 Å². The molecule has 1 atom stereocenters. The van der Waals surface area contributed by atoms with E-state index in [-0.39, 0.29) is 11.8 Å². The Balaban J connectivity index is 1.81. The highest BCUT2D eigenvalue weighted by Gasteiger charge is 2.51. The molecule has 0 aromatic carbocycles. The van der Waals surface area contributed by atoms with E-state index in [4.69, 9.17) is 0 Å². The molecule has 4 nitrogen and oxygen atoms in total. The molecule has 1 saturated heterocycles. The van der Waals surface area contributed by atoms with Crippen LogP contribution in [0.5, 0.6) is 0 Å². The first kappa shape index (κ1) is 17.5. The van der Waals surface area contributed by atoms with Gasteiger partial charge in [-0.1, -0.05) is 32.8 Å². The minimum absolute atomic E-state index is 0.157. The Morgan fingerprint density at radius 2 is 2.04 bits per heavy atom. The summed E-state index contributed by atoms with van der Waals surface area (Å²) in [7, 11) is 0. The van der Waals surface area contributed by atoms with Gasteiger partial charge in [0.15, 0.2) is 0 Å². The van der Waals surface area contributed by atoms with Crippen molar-refractivity contribution in [2.24, 2.45) is 11.3 Å². The van der Waals surface area contributed by atoms with Gasteiger partial charge in [-0.05, 0) is 50.9 Å². The van der Waals surface area contributed by atoms with Crippen molar-refractivity contribution in [1.29, 1.82) is 0 Å². The molecule has 3 rings (SSSR count).